The molecule has 1 saturated heterocycles. The van der Waals surface area contributed by atoms with Crippen LogP contribution in [-0.2, 0) is 13.5 Å². The number of aryl methyl sites for hydroxylation is 1. The Morgan fingerprint density at radius 3 is 2.59 bits per heavy atom. The van der Waals surface area contributed by atoms with Crippen LogP contribution < -0.4 is 10.5 Å². The monoisotopic (exact) mass is 498 g/mol. The molecule has 2 aromatic carbocycles. The van der Waals surface area contributed by atoms with Crippen LogP contribution in [0.15, 0.2) is 47.4 Å². The number of aromatic nitrogens is 4. The van der Waals surface area contributed by atoms with Crippen LogP contribution >= 0.6 is 0 Å². The summed E-state index contributed by atoms with van der Waals surface area (Å²) in [6.07, 6.45) is 2.15. The molecule has 0 aliphatic carbocycles. The maximum atomic E-state index is 14.8. The highest BCUT2D eigenvalue weighted by Crippen LogP contribution is 2.22. The highest BCUT2D eigenvalue weighted by atomic mass is 19.1. The Morgan fingerprint density at radius 1 is 1.11 bits per heavy atom. The topological polar surface area (TPSA) is 87.1 Å². The third-order valence-electron chi connectivity index (χ3n) is 6.82. The summed E-state index contributed by atoms with van der Waals surface area (Å²) in [4.78, 5) is 33.8. The molecule has 1 N–H and O–H groups in total. The van der Waals surface area contributed by atoms with Crippen LogP contribution in [0.2, 0.25) is 0 Å². The number of fused-ring (bicyclic) bond motifs is 1. The number of anilines is 1. The summed E-state index contributed by atoms with van der Waals surface area (Å²) >= 11 is 0. The van der Waals surface area contributed by atoms with E-state index in [1.165, 1.54) is 6.07 Å². The summed E-state index contributed by atoms with van der Waals surface area (Å²) in [6, 6.07) is 9.90. The van der Waals surface area contributed by atoms with E-state index in [4.69, 9.17) is 0 Å². The van der Waals surface area contributed by atoms with Crippen molar-refractivity contribution in [1.29, 1.82) is 0 Å². The number of H-pyrrole nitrogens is 1. The van der Waals surface area contributed by atoms with Crippen molar-refractivity contribution in [3.05, 3.63) is 86.8 Å². The summed E-state index contributed by atoms with van der Waals surface area (Å²) in [5.74, 6) is 5.82. The average molecular weight is 499 g/mol. The lowest BCUT2D eigenvalue weighted by molar-refractivity contribution is 0.0741. The van der Waals surface area contributed by atoms with E-state index in [9.17, 15) is 14.0 Å². The van der Waals surface area contributed by atoms with Crippen LogP contribution in [0.25, 0.3) is 10.8 Å². The lowest BCUT2D eigenvalue weighted by Crippen LogP contribution is -2.49. The lowest BCUT2D eigenvalue weighted by atomic mass is 10.0. The van der Waals surface area contributed by atoms with Crippen molar-refractivity contribution in [3.63, 3.8) is 0 Å². The van der Waals surface area contributed by atoms with E-state index in [-0.39, 0.29) is 17.0 Å². The Balaban J connectivity index is 1.37. The average Bonchev–Trinajstić information content (AvgIpc) is 3.24. The standard InChI is InChI=1S/C28H27FN6O2/c1-4-5-19-6-8-21-22(14-19)25(31-32-26(21)36)16-20-7-9-24(29)23(15-20)27(37)34-10-12-35(13-11-34)28-30-17-18(2)33(28)3/h6-9,14-15,17H,10-13,16H2,1-3H3,(H,32,36). The number of nitrogens with zero attached hydrogens (tertiary/aromatic N) is 5. The van der Waals surface area contributed by atoms with E-state index >= 15 is 0 Å². The van der Waals surface area contributed by atoms with Crippen molar-refractivity contribution in [2.45, 2.75) is 20.3 Å². The maximum Gasteiger partial charge on any atom is 0.272 e. The minimum Gasteiger partial charge on any atom is -0.339 e. The molecule has 1 aliphatic rings. The number of benzene rings is 2. The maximum absolute atomic E-state index is 14.8. The van der Waals surface area contributed by atoms with Gasteiger partial charge < -0.3 is 14.4 Å². The molecule has 1 fully saturated rings. The van der Waals surface area contributed by atoms with Gasteiger partial charge in [-0.05, 0) is 49.7 Å². The van der Waals surface area contributed by atoms with E-state index in [0.29, 0.717) is 49.1 Å². The van der Waals surface area contributed by atoms with Gasteiger partial charge in [-0.2, -0.15) is 5.10 Å². The van der Waals surface area contributed by atoms with Crippen LogP contribution in [0, 0.1) is 24.6 Å². The van der Waals surface area contributed by atoms with Crippen molar-refractivity contribution < 1.29 is 9.18 Å². The van der Waals surface area contributed by atoms with E-state index < -0.39 is 5.82 Å². The van der Waals surface area contributed by atoms with Gasteiger partial charge in [0.2, 0.25) is 5.95 Å². The first-order valence-corrected chi connectivity index (χ1v) is 12.1. The number of hydrogen-bond acceptors (Lipinski definition) is 5. The number of aromatic amines is 1. The zero-order valence-corrected chi connectivity index (χ0v) is 21.0. The molecule has 37 heavy (non-hydrogen) atoms. The van der Waals surface area contributed by atoms with E-state index in [1.807, 2.05) is 30.8 Å². The first-order valence-electron chi connectivity index (χ1n) is 12.1. The third-order valence-corrected chi connectivity index (χ3v) is 6.82. The second-order valence-corrected chi connectivity index (χ2v) is 9.16. The van der Waals surface area contributed by atoms with Crippen molar-refractivity contribution in [2.75, 3.05) is 31.1 Å². The number of amides is 1. The summed E-state index contributed by atoms with van der Waals surface area (Å²) < 4.78 is 16.8. The molecule has 0 saturated carbocycles. The number of imidazole rings is 1. The van der Waals surface area contributed by atoms with E-state index in [1.54, 1.807) is 36.1 Å². The fourth-order valence-corrected chi connectivity index (χ4v) is 4.67. The summed E-state index contributed by atoms with van der Waals surface area (Å²) in [5, 5.41) is 7.97. The second kappa shape index (κ2) is 9.90. The molecule has 5 rings (SSSR count). The highest BCUT2D eigenvalue weighted by molar-refractivity contribution is 5.95. The minimum absolute atomic E-state index is 0.0325. The van der Waals surface area contributed by atoms with Crippen LogP contribution in [0.1, 0.15) is 39.8 Å². The predicted molar refractivity (Wildman–Crippen MR) is 140 cm³/mol. The van der Waals surface area contributed by atoms with Crippen molar-refractivity contribution in [1.82, 2.24) is 24.6 Å². The van der Waals surface area contributed by atoms with Gasteiger partial charge in [0.05, 0.1) is 22.8 Å². The van der Waals surface area contributed by atoms with Gasteiger partial charge in [0.15, 0.2) is 0 Å². The minimum atomic E-state index is -0.560. The number of hydrogen-bond donors (Lipinski definition) is 1. The van der Waals surface area contributed by atoms with Crippen molar-refractivity contribution in [2.24, 2.45) is 7.05 Å². The highest BCUT2D eigenvalue weighted by Gasteiger charge is 2.26. The van der Waals surface area contributed by atoms with Gasteiger partial charge in [0.1, 0.15) is 5.82 Å². The Labute approximate surface area is 213 Å². The smallest absolute Gasteiger partial charge is 0.272 e. The lowest BCUT2D eigenvalue weighted by Gasteiger charge is -2.35. The Kier molecular flexibility index (Phi) is 6.49. The second-order valence-electron chi connectivity index (χ2n) is 9.16. The van der Waals surface area contributed by atoms with Gasteiger partial charge in [0, 0.05) is 56.3 Å². The SMILES string of the molecule is CC#Cc1ccc2c(=O)[nH]nc(Cc3ccc(F)c(C(=O)N4CCN(c5ncc(C)n5C)CC4)c3)c2c1. The first kappa shape index (κ1) is 24.3. The molecule has 1 amide bonds. The molecule has 3 heterocycles. The Hall–Kier alpha value is -4.45. The van der Waals surface area contributed by atoms with E-state index in [2.05, 4.69) is 31.9 Å². The van der Waals surface area contributed by atoms with Crippen molar-refractivity contribution >= 4 is 22.6 Å². The largest absolute Gasteiger partial charge is 0.339 e. The van der Waals surface area contributed by atoms with Gasteiger partial charge >= 0.3 is 0 Å². The first-order chi connectivity index (χ1) is 17.9. The number of halogens is 1. The molecule has 1 aliphatic heterocycles. The fraction of sp³-hybridized carbons (Fsp3) is 0.286. The van der Waals surface area contributed by atoms with E-state index in [0.717, 1.165) is 22.8 Å². The normalized spacial score (nSPS) is 13.5. The molecule has 188 valence electrons. The summed E-state index contributed by atoms with van der Waals surface area (Å²) in [5.41, 5.74) is 2.93. The number of carbonyl (C=O) groups is 1. The van der Waals surface area contributed by atoms with Crippen molar-refractivity contribution in [3.8, 4) is 11.8 Å². The number of piperazine rings is 1. The molecule has 0 atom stereocenters. The number of carbonyl (C=O) groups excluding carboxylic acids is 1. The summed E-state index contributed by atoms with van der Waals surface area (Å²) in [7, 11) is 1.97. The molecule has 0 spiro atoms. The zero-order chi connectivity index (χ0) is 26.1. The van der Waals surface area contributed by atoms with Gasteiger partial charge in [-0.25, -0.2) is 14.5 Å². The molecule has 0 bridgehead atoms. The quantitative estimate of drug-likeness (QED) is 0.437. The zero-order valence-electron chi connectivity index (χ0n) is 21.0. The molecule has 4 aromatic rings. The number of rotatable bonds is 4. The van der Waals surface area contributed by atoms with Crippen LogP contribution in [0.4, 0.5) is 10.3 Å². The van der Waals surface area contributed by atoms with Gasteiger partial charge in [-0.3, -0.25) is 9.59 Å². The van der Waals surface area contributed by atoms with Gasteiger partial charge in [-0.15, -0.1) is 5.92 Å². The predicted octanol–water partition coefficient (Wildman–Crippen LogP) is 3.03. The molecular formula is C28H27FN6O2. The fourth-order valence-electron chi connectivity index (χ4n) is 4.67. The van der Waals surface area contributed by atoms with Gasteiger partial charge in [0.25, 0.3) is 11.5 Å². The molecule has 9 heteroatoms. The number of nitrogens with one attached hydrogen (secondary N) is 1. The Bertz CT molecular complexity index is 1620. The molecule has 0 radical (unpaired) electrons. The van der Waals surface area contributed by atoms with Gasteiger partial charge in [-0.1, -0.05) is 12.0 Å². The molecule has 2 aromatic heterocycles. The van der Waals surface area contributed by atoms with Crippen LogP contribution in [0.5, 0.6) is 0 Å². The Morgan fingerprint density at radius 2 is 1.89 bits per heavy atom. The third kappa shape index (κ3) is 4.70. The van der Waals surface area contributed by atoms with Crippen LogP contribution in [0.3, 0.4) is 0 Å². The molecule has 8 nitrogen and oxygen atoms in total. The summed E-state index contributed by atoms with van der Waals surface area (Å²) in [6.45, 7) is 5.93. The van der Waals surface area contributed by atoms with Crippen LogP contribution in [-0.4, -0.2) is 56.7 Å². The molecular weight excluding hydrogens is 471 g/mol. The molecule has 0 unspecified atom stereocenters.